The van der Waals surface area contributed by atoms with Crippen LogP contribution < -0.4 is 11.1 Å². The third-order valence-electron chi connectivity index (χ3n) is 7.20. The molecule has 4 aliphatic carbocycles. The monoisotopic (exact) mass is 424 g/mol. The second kappa shape index (κ2) is 7.23. The quantitative estimate of drug-likeness (QED) is 0.695. The molecule has 3 fully saturated rings. The van der Waals surface area contributed by atoms with Crippen LogP contribution in [0.5, 0.6) is 0 Å². The molecule has 1 aromatic carbocycles. The Bertz CT molecular complexity index is 1050. The van der Waals surface area contributed by atoms with Crippen LogP contribution in [-0.2, 0) is 22.4 Å². The van der Waals surface area contributed by atoms with Gasteiger partial charge in [0, 0.05) is 4.88 Å². The van der Waals surface area contributed by atoms with Gasteiger partial charge in [0.05, 0.1) is 17.4 Å². The van der Waals surface area contributed by atoms with Gasteiger partial charge in [0.1, 0.15) is 5.00 Å². The minimum absolute atomic E-state index is 0.0577. The number of primary amides is 1. The molecule has 6 nitrogen and oxygen atoms in total. The zero-order valence-electron chi connectivity index (χ0n) is 16.5. The van der Waals surface area contributed by atoms with E-state index in [0.717, 1.165) is 48.1 Å². The van der Waals surface area contributed by atoms with Gasteiger partial charge in [-0.2, -0.15) is 0 Å². The number of benzene rings is 1. The summed E-state index contributed by atoms with van der Waals surface area (Å²) in [5, 5.41) is 13.2. The van der Waals surface area contributed by atoms with E-state index in [-0.39, 0.29) is 17.7 Å². The number of carboxylic acid groups (broad SMARTS) is 1. The number of carboxylic acids is 1. The van der Waals surface area contributed by atoms with Gasteiger partial charge in [-0.3, -0.25) is 14.4 Å². The van der Waals surface area contributed by atoms with Crippen LogP contribution in [0.2, 0.25) is 0 Å². The van der Waals surface area contributed by atoms with Gasteiger partial charge in [0.15, 0.2) is 0 Å². The first-order chi connectivity index (χ1) is 14.5. The summed E-state index contributed by atoms with van der Waals surface area (Å²) in [6.45, 7) is 0. The highest BCUT2D eigenvalue weighted by Gasteiger charge is 2.50. The van der Waals surface area contributed by atoms with Crippen LogP contribution in [0.15, 0.2) is 24.3 Å². The first kappa shape index (κ1) is 19.3. The third kappa shape index (κ3) is 2.95. The molecule has 0 saturated heterocycles. The number of carbonyl (C=O) groups is 3. The predicted octanol–water partition coefficient (Wildman–Crippen LogP) is 3.69. The zero-order valence-corrected chi connectivity index (χ0v) is 17.3. The smallest absolute Gasteiger partial charge is 0.307 e. The fourth-order valence-electron chi connectivity index (χ4n) is 5.87. The summed E-state index contributed by atoms with van der Waals surface area (Å²) in [4.78, 5) is 38.5. The molecule has 4 N–H and O–H groups in total. The molecule has 1 heterocycles. The van der Waals surface area contributed by atoms with Crippen LogP contribution in [0.1, 0.15) is 47.2 Å². The Hall–Kier alpha value is -2.67. The molecule has 0 aliphatic heterocycles. The van der Waals surface area contributed by atoms with Crippen LogP contribution in [0.3, 0.4) is 0 Å². The lowest BCUT2D eigenvalue weighted by Crippen LogP contribution is -2.49. The van der Waals surface area contributed by atoms with E-state index in [2.05, 4.69) is 11.4 Å². The van der Waals surface area contributed by atoms with Crippen LogP contribution in [-0.4, -0.2) is 22.9 Å². The number of fused-ring (bicyclic) bond motifs is 6. The first-order valence-electron chi connectivity index (χ1n) is 10.5. The van der Waals surface area contributed by atoms with Gasteiger partial charge in [-0.05, 0) is 67.1 Å². The lowest BCUT2D eigenvalue weighted by atomic mass is 9.58. The number of aliphatic carboxylic acids is 1. The molecular weight excluding hydrogens is 400 g/mol. The van der Waals surface area contributed by atoms with Crippen molar-refractivity contribution in [3.63, 3.8) is 0 Å². The molecule has 2 bridgehead atoms. The van der Waals surface area contributed by atoms with Gasteiger partial charge >= 0.3 is 5.97 Å². The molecule has 6 rings (SSSR count). The maximum atomic E-state index is 13.3. The Morgan fingerprint density at radius 2 is 1.67 bits per heavy atom. The normalized spacial score (nSPS) is 26.5. The second-order valence-corrected chi connectivity index (χ2v) is 9.71. The molecule has 1 aromatic heterocycles. The number of anilines is 1. The van der Waals surface area contributed by atoms with Crippen LogP contribution in [0.25, 0.3) is 10.4 Å². The highest BCUT2D eigenvalue weighted by Crippen LogP contribution is 2.50. The van der Waals surface area contributed by atoms with E-state index in [9.17, 15) is 19.5 Å². The molecule has 2 aromatic rings. The molecule has 4 aliphatic rings. The Balaban J connectivity index is 1.51. The van der Waals surface area contributed by atoms with Crippen molar-refractivity contribution in [3.05, 3.63) is 41.0 Å². The standard InChI is InChI=1S/C23H24N2O4S/c24-20(26)18-15-10-9-11-3-1-2-4-14(11)19(15)30-22(18)25-21(27)16-12-5-7-13(8-6-12)17(16)23(28)29/h1-4,12-13,16-17H,5-10H2,(H2,24,26)(H,25,27)(H,28,29). The molecule has 0 radical (unpaired) electrons. The minimum Gasteiger partial charge on any atom is -0.481 e. The fraction of sp³-hybridized carbons (Fsp3) is 0.435. The lowest BCUT2D eigenvalue weighted by Gasteiger charge is -2.45. The van der Waals surface area contributed by atoms with Crippen LogP contribution in [0, 0.1) is 23.7 Å². The number of aryl methyl sites for hydroxylation is 1. The Morgan fingerprint density at radius 3 is 2.33 bits per heavy atom. The molecule has 3 saturated carbocycles. The van der Waals surface area contributed by atoms with E-state index in [1.54, 1.807) is 0 Å². The van der Waals surface area contributed by atoms with Crippen LogP contribution in [0.4, 0.5) is 5.00 Å². The van der Waals surface area contributed by atoms with Crippen molar-refractivity contribution < 1.29 is 19.5 Å². The number of amides is 2. The Morgan fingerprint density at radius 1 is 1.00 bits per heavy atom. The average Bonchev–Trinajstić information content (AvgIpc) is 3.12. The molecular formula is C23H24N2O4S. The third-order valence-corrected chi connectivity index (χ3v) is 8.38. The number of nitrogens with one attached hydrogen (secondary N) is 1. The van der Waals surface area contributed by atoms with Gasteiger partial charge in [-0.25, -0.2) is 0 Å². The van der Waals surface area contributed by atoms with Gasteiger partial charge in [0.25, 0.3) is 5.91 Å². The molecule has 156 valence electrons. The van der Waals surface area contributed by atoms with Crippen molar-refractivity contribution in [2.75, 3.05) is 5.32 Å². The van der Waals surface area contributed by atoms with E-state index in [1.165, 1.54) is 16.9 Å². The van der Waals surface area contributed by atoms with Crippen molar-refractivity contribution in [2.45, 2.75) is 38.5 Å². The zero-order chi connectivity index (χ0) is 21.0. The van der Waals surface area contributed by atoms with Crippen molar-refractivity contribution in [3.8, 4) is 10.4 Å². The number of nitrogens with two attached hydrogens (primary N) is 1. The second-order valence-electron chi connectivity index (χ2n) is 8.69. The Kier molecular flexibility index (Phi) is 4.65. The van der Waals surface area contributed by atoms with Gasteiger partial charge in [0.2, 0.25) is 5.91 Å². The molecule has 2 amide bonds. The summed E-state index contributed by atoms with van der Waals surface area (Å²) in [6.07, 6.45) is 5.06. The molecule has 30 heavy (non-hydrogen) atoms. The number of hydrogen-bond acceptors (Lipinski definition) is 4. The van der Waals surface area contributed by atoms with Crippen molar-refractivity contribution >= 4 is 34.1 Å². The largest absolute Gasteiger partial charge is 0.481 e. The summed E-state index contributed by atoms with van der Waals surface area (Å²) >= 11 is 1.37. The summed E-state index contributed by atoms with van der Waals surface area (Å²) < 4.78 is 0. The number of rotatable bonds is 4. The molecule has 2 unspecified atom stereocenters. The molecule has 2 atom stereocenters. The van der Waals surface area contributed by atoms with Gasteiger partial charge in [-0.15, -0.1) is 11.3 Å². The summed E-state index contributed by atoms with van der Waals surface area (Å²) in [5.41, 5.74) is 9.28. The fourth-order valence-corrected chi connectivity index (χ4v) is 7.18. The van der Waals surface area contributed by atoms with Gasteiger partial charge < -0.3 is 16.2 Å². The average molecular weight is 425 g/mol. The Labute approximate surface area is 178 Å². The summed E-state index contributed by atoms with van der Waals surface area (Å²) in [6, 6.07) is 8.07. The number of thiophene rings is 1. The van der Waals surface area contributed by atoms with Crippen molar-refractivity contribution in [2.24, 2.45) is 29.4 Å². The van der Waals surface area contributed by atoms with E-state index in [1.807, 2.05) is 18.2 Å². The van der Waals surface area contributed by atoms with Crippen molar-refractivity contribution in [1.82, 2.24) is 0 Å². The van der Waals surface area contributed by atoms with E-state index < -0.39 is 23.7 Å². The van der Waals surface area contributed by atoms with Crippen molar-refractivity contribution in [1.29, 1.82) is 0 Å². The lowest BCUT2D eigenvalue weighted by molar-refractivity contribution is -0.156. The summed E-state index contributed by atoms with van der Waals surface area (Å²) in [5.74, 6) is -2.79. The highest BCUT2D eigenvalue weighted by atomic mass is 32.1. The summed E-state index contributed by atoms with van der Waals surface area (Å²) in [7, 11) is 0. The number of hydrogen-bond donors (Lipinski definition) is 3. The maximum Gasteiger partial charge on any atom is 0.307 e. The minimum atomic E-state index is -0.890. The molecule has 7 heteroatoms. The predicted molar refractivity (Wildman–Crippen MR) is 114 cm³/mol. The van der Waals surface area contributed by atoms with Crippen LogP contribution >= 0.6 is 11.3 Å². The van der Waals surface area contributed by atoms with Gasteiger partial charge in [-0.1, -0.05) is 24.3 Å². The number of carbonyl (C=O) groups excluding carboxylic acids is 2. The SMILES string of the molecule is NC(=O)c1c(NC(=O)C2C3CCC(CC3)C2C(=O)O)sc2c1CCc1ccccc1-2. The highest BCUT2D eigenvalue weighted by molar-refractivity contribution is 7.20. The van der Waals surface area contributed by atoms with E-state index in [4.69, 9.17) is 5.73 Å². The maximum absolute atomic E-state index is 13.3. The first-order valence-corrected chi connectivity index (χ1v) is 11.3. The molecule has 0 spiro atoms. The topological polar surface area (TPSA) is 109 Å². The van der Waals surface area contributed by atoms with E-state index >= 15 is 0 Å². The van der Waals surface area contributed by atoms with E-state index in [0.29, 0.717) is 17.0 Å².